The van der Waals surface area contributed by atoms with Gasteiger partial charge in [0, 0.05) is 11.6 Å². The average molecular weight is 207 g/mol. The molecule has 2 aromatic rings. The van der Waals surface area contributed by atoms with Gasteiger partial charge >= 0.3 is 0 Å². The molecule has 14 heavy (non-hydrogen) atoms. The van der Waals surface area contributed by atoms with Crippen LogP contribution >= 0.6 is 0 Å². The molecule has 0 aliphatic carbocycles. The van der Waals surface area contributed by atoms with Crippen molar-refractivity contribution in [3.05, 3.63) is 30.7 Å². The van der Waals surface area contributed by atoms with Crippen LogP contribution in [0.2, 0.25) is 0 Å². The minimum atomic E-state index is -3.17. The number of nitrogens with zero attached hydrogens (tertiary/aromatic N) is 2. The minimum absolute atomic E-state index is 0.261. The van der Waals surface area contributed by atoms with E-state index in [-0.39, 0.29) is 4.90 Å². The molecule has 1 heterocycles. The van der Waals surface area contributed by atoms with Crippen molar-refractivity contribution in [2.24, 2.45) is 0 Å². The van der Waals surface area contributed by atoms with Crippen molar-refractivity contribution >= 4 is 20.7 Å². The molecule has 5 heteroatoms. The van der Waals surface area contributed by atoms with Crippen molar-refractivity contribution in [3.63, 3.8) is 0 Å². The van der Waals surface area contributed by atoms with Crippen molar-refractivity contribution < 1.29 is 8.42 Å². The van der Waals surface area contributed by atoms with Gasteiger partial charge < -0.3 is 0 Å². The summed E-state index contributed by atoms with van der Waals surface area (Å²) in [7, 11) is -3.17. The molecular weight excluding hydrogens is 200 g/mol. The van der Waals surface area contributed by atoms with Gasteiger partial charge in [0.2, 0.25) is 0 Å². The highest BCUT2D eigenvalue weighted by molar-refractivity contribution is 7.90. The fourth-order valence-electron chi connectivity index (χ4n) is 1.13. The topological polar surface area (TPSA) is 59.9 Å². The smallest absolute Gasteiger partial charge is 0.175 e. The van der Waals surface area contributed by atoms with Crippen LogP contribution in [-0.2, 0) is 9.84 Å². The molecule has 0 atom stereocenters. The molecule has 0 aliphatic heterocycles. The Morgan fingerprint density at radius 2 is 2.14 bits per heavy atom. The molecule has 0 fully saturated rings. The molecule has 71 valence electrons. The summed E-state index contributed by atoms with van der Waals surface area (Å²) >= 11 is 0. The lowest BCUT2D eigenvalue weighted by molar-refractivity contribution is 0.602. The summed E-state index contributed by atoms with van der Waals surface area (Å²) in [5, 5.41) is 0.708. The summed E-state index contributed by atoms with van der Waals surface area (Å²) in [5.74, 6) is 0. The zero-order valence-corrected chi connectivity index (χ0v) is 8.25. The van der Waals surface area contributed by atoms with Crippen LogP contribution in [-0.4, -0.2) is 24.6 Å². The van der Waals surface area contributed by atoms with Crippen LogP contribution in [0.15, 0.2) is 29.4 Å². The Bertz CT molecular complexity index is 578. The van der Waals surface area contributed by atoms with Gasteiger partial charge in [-0.15, -0.1) is 0 Å². The Labute approximate surface area is 81.5 Å². The Balaban J connectivity index is 2.75. The molecule has 0 saturated carbocycles. The van der Waals surface area contributed by atoms with E-state index in [4.69, 9.17) is 0 Å². The number of hydrogen-bond donors (Lipinski definition) is 0. The first kappa shape index (κ1) is 9.08. The van der Waals surface area contributed by atoms with Crippen LogP contribution in [0, 0.1) is 6.20 Å². The van der Waals surface area contributed by atoms with Gasteiger partial charge in [-0.25, -0.2) is 18.4 Å². The molecule has 4 nitrogen and oxygen atoms in total. The summed E-state index contributed by atoms with van der Waals surface area (Å²) < 4.78 is 22.4. The van der Waals surface area contributed by atoms with Gasteiger partial charge in [-0.05, 0) is 18.2 Å². The fraction of sp³-hybridized carbons (Fsp3) is 0.111. The molecule has 1 aromatic heterocycles. The van der Waals surface area contributed by atoms with Crippen LogP contribution in [0.3, 0.4) is 0 Å². The predicted molar refractivity (Wildman–Crippen MR) is 51.5 cm³/mol. The molecule has 2 rings (SSSR count). The molecule has 0 unspecified atom stereocenters. The summed E-state index contributed by atoms with van der Waals surface area (Å²) in [6, 6.07) is 4.69. The zero-order valence-electron chi connectivity index (χ0n) is 7.43. The lowest BCUT2D eigenvalue weighted by atomic mass is 10.2. The third-order valence-electron chi connectivity index (χ3n) is 1.84. The number of sulfone groups is 1. The third kappa shape index (κ3) is 1.58. The maximum Gasteiger partial charge on any atom is 0.175 e. The van der Waals surface area contributed by atoms with Crippen LogP contribution in [0.25, 0.3) is 10.9 Å². The van der Waals surface area contributed by atoms with Gasteiger partial charge in [0.25, 0.3) is 0 Å². The van der Waals surface area contributed by atoms with E-state index in [1.165, 1.54) is 24.7 Å². The molecule has 1 radical (unpaired) electrons. The van der Waals surface area contributed by atoms with Crippen molar-refractivity contribution in [3.8, 4) is 0 Å². The van der Waals surface area contributed by atoms with Gasteiger partial charge in [0.05, 0.1) is 10.4 Å². The third-order valence-corrected chi connectivity index (χ3v) is 2.95. The van der Waals surface area contributed by atoms with Crippen LogP contribution < -0.4 is 0 Å². The van der Waals surface area contributed by atoms with E-state index in [2.05, 4.69) is 16.2 Å². The number of hydrogen-bond acceptors (Lipinski definition) is 4. The van der Waals surface area contributed by atoms with Gasteiger partial charge in [-0.3, -0.25) is 0 Å². The lowest BCUT2D eigenvalue weighted by Gasteiger charge is -1.99. The molecule has 0 bridgehead atoms. The highest BCUT2D eigenvalue weighted by Gasteiger charge is 2.07. The fourth-order valence-corrected chi connectivity index (χ4v) is 1.77. The Morgan fingerprint density at radius 3 is 2.86 bits per heavy atom. The van der Waals surface area contributed by atoms with Crippen molar-refractivity contribution in [1.82, 2.24) is 9.97 Å². The van der Waals surface area contributed by atoms with Crippen LogP contribution in [0.5, 0.6) is 0 Å². The van der Waals surface area contributed by atoms with Crippen molar-refractivity contribution in [2.75, 3.05) is 6.26 Å². The van der Waals surface area contributed by atoms with Crippen molar-refractivity contribution in [1.29, 1.82) is 0 Å². The second-order valence-electron chi connectivity index (χ2n) is 2.94. The van der Waals surface area contributed by atoms with Crippen LogP contribution in [0.1, 0.15) is 0 Å². The summed E-state index contributed by atoms with van der Waals surface area (Å²) in [4.78, 5) is 7.93. The normalized spacial score (nSPS) is 11.8. The predicted octanol–water partition coefficient (Wildman–Crippen LogP) is 0.833. The largest absolute Gasteiger partial charge is 0.236 e. The Kier molecular flexibility index (Phi) is 1.96. The number of aromatic nitrogens is 2. The first-order chi connectivity index (χ1) is 6.57. The Hall–Kier alpha value is -1.49. The van der Waals surface area contributed by atoms with Gasteiger partial charge in [0.1, 0.15) is 12.5 Å². The molecule has 0 N–H and O–H groups in total. The first-order valence-corrected chi connectivity index (χ1v) is 5.79. The lowest BCUT2D eigenvalue weighted by Crippen LogP contribution is -1.96. The van der Waals surface area contributed by atoms with E-state index in [9.17, 15) is 8.42 Å². The van der Waals surface area contributed by atoms with E-state index in [0.717, 1.165) is 0 Å². The highest BCUT2D eigenvalue weighted by Crippen LogP contribution is 2.15. The average Bonchev–Trinajstić information content (AvgIpc) is 2.16. The second kappa shape index (κ2) is 3.02. The molecule has 1 aromatic carbocycles. The van der Waals surface area contributed by atoms with Gasteiger partial charge in [-0.2, -0.15) is 0 Å². The van der Waals surface area contributed by atoms with Gasteiger partial charge in [0.15, 0.2) is 9.84 Å². The van der Waals surface area contributed by atoms with Crippen LogP contribution in [0.4, 0.5) is 0 Å². The van der Waals surface area contributed by atoms with Crippen molar-refractivity contribution in [2.45, 2.75) is 4.90 Å². The number of fused-ring (bicyclic) bond motifs is 1. The van der Waals surface area contributed by atoms with E-state index >= 15 is 0 Å². The van der Waals surface area contributed by atoms with E-state index < -0.39 is 9.84 Å². The standard InChI is InChI=1S/C9H7N2O2S/c1-14(12,13)8-3-2-7-5-10-6-11-9(7)4-8/h2-4,6H,1H3. The number of rotatable bonds is 1. The highest BCUT2D eigenvalue weighted by atomic mass is 32.2. The number of benzene rings is 1. The second-order valence-corrected chi connectivity index (χ2v) is 4.95. The first-order valence-electron chi connectivity index (χ1n) is 3.90. The maximum absolute atomic E-state index is 11.2. The molecule has 0 spiro atoms. The minimum Gasteiger partial charge on any atom is -0.236 e. The monoisotopic (exact) mass is 207 g/mol. The zero-order chi connectivity index (χ0) is 10.2. The summed E-state index contributed by atoms with van der Waals surface area (Å²) in [6.07, 6.45) is 5.23. The molecule has 0 aliphatic rings. The van der Waals surface area contributed by atoms with Gasteiger partial charge in [-0.1, -0.05) is 0 Å². The summed E-state index contributed by atoms with van der Waals surface area (Å²) in [6.45, 7) is 0. The molecular formula is C9H7N2O2S. The Morgan fingerprint density at radius 1 is 1.36 bits per heavy atom. The molecule has 0 saturated heterocycles. The molecule has 0 amide bonds. The summed E-state index contributed by atoms with van der Waals surface area (Å²) in [5.41, 5.74) is 0.586. The van der Waals surface area contributed by atoms with E-state index in [0.29, 0.717) is 10.9 Å². The maximum atomic E-state index is 11.2. The quantitative estimate of drug-likeness (QED) is 0.695. The van der Waals surface area contributed by atoms with E-state index in [1.54, 1.807) is 6.07 Å². The SMILES string of the molecule is CS(=O)(=O)c1ccc2[c]ncnc2c1. The van der Waals surface area contributed by atoms with E-state index in [1.807, 2.05) is 0 Å².